The van der Waals surface area contributed by atoms with E-state index in [0.717, 1.165) is 23.0 Å². The number of hydrogen-bond donors (Lipinski definition) is 1. The Morgan fingerprint density at radius 2 is 1.33 bits per heavy atom. The Bertz CT molecular complexity index is 422. The van der Waals surface area contributed by atoms with Gasteiger partial charge in [-0.05, 0) is 28.5 Å². The van der Waals surface area contributed by atoms with Gasteiger partial charge in [0.25, 0.3) is 0 Å². The minimum Gasteiger partial charge on any atom is -0.878 e. The van der Waals surface area contributed by atoms with E-state index < -0.39 is 0 Å². The summed E-state index contributed by atoms with van der Waals surface area (Å²) in [6.45, 7) is 12.3. The van der Waals surface area contributed by atoms with Crippen molar-refractivity contribution in [3.8, 4) is 5.75 Å². The first kappa shape index (κ1) is 14.6. The molecule has 1 aromatic carbocycles. The molecule has 2 heteroatoms. The lowest BCUT2D eigenvalue weighted by Crippen LogP contribution is -2.17. The number of phenolic OH excluding ortho intramolecular Hbond substituents is 1. The molecule has 18 heavy (non-hydrogen) atoms. The minimum atomic E-state index is -0.156. The summed E-state index contributed by atoms with van der Waals surface area (Å²) in [6.07, 6.45) is 2.31. The first-order valence-corrected chi connectivity index (χ1v) is 6.24. The number of hydrogen-bond acceptors (Lipinski definition) is 2. The van der Waals surface area contributed by atoms with Crippen LogP contribution in [-0.2, 0) is 10.8 Å². The maximum atomic E-state index is 10.7. The van der Waals surface area contributed by atoms with Gasteiger partial charge in [-0.2, -0.15) is 0 Å². The first-order valence-electron chi connectivity index (χ1n) is 6.24. The third kappa shape index (κ3) is 3.06. The zero-order chi connectivity index (χ0) is 14.1. The number of rotatable bonds is 1. The normalized spacial score (nSPS) is 13.2. The van der Waals surface area contributed by atoms with Crippen LogP contribution in [0.4, 0.5) is 0 Å². The standard InChI is InChI=1S/C16H24O2/c1-15(2,3)12-9-11(7-8-17)10-13(14(12)18)16(4,5)6/h7-10,17-18H,1-6H3/p-1/b8-7-. The van der Waals surface area contributed by atoms with Gasteiger partial charge in [-0.1, -0.05) is 47.6 Å². The summed E-state index contributed by atoms with van der Waals surface area (Å²) in [5.41, 5.74) is 2.29. The second-order valence-corrected chi connectivity index (χ2v) is 6.77. The Morgan fingerprint density at radius 1 is 0.944 bits per heavy atom. The van der Waals surface area contributed by atoms with Crippen LogP contribution in [0.25, 0.3) is 6.08 Å². The largest absolute Gasteiger partial charge is 0.878 e. The van der Waals surface area contributed by atoms with Crippen molar-refractivity contribution in [3.05, 3.63) is 35.1 Å². The molecule has 0 unspecified atom stereocenters. The van der Waals surface area contributed by atoms with Crippen molar-refractivity contribution in [1.29, 1.82) is 0 Å². The predicted octanol–water partition coefficient (Wildman–Crippen LogP) is 3.32. The lowest BCUT2D eigenvalue weighted by Gasteiger charge is -2.28. The molecule has 1 rings (SSSR count). The van der Waals surface area contributed by atoms with Crippen molar-refractivity contribution < 1.29 is 10.2 Å². The monoisotopic (exact) mass is 247 g/mol. The predicted molar refractivity (Wildman–Crippen MR) is 74.5 cm³/mol. The fourth-order valence-corrected chi connectivity index (χ4v) is 1.98. The van der Waals surface area contributed by atoms with Gasteiger partial charge in [-0.25, -0.2) is 0 Å². The molecule has 0 saturated carbocycles. The third-order valence-corrected chi connectivity index (χ3v) is 3.01. The van der Waals surface area contributed by atoms with Crippen LogP contribution in [0, 0.1) is 0 Å². The Balaban J connectivity index is 3.59. The van der Waals surface area contributed by atoms with Crippen LogP contribution in [0.3, 0.4) is 0 Å². The lowest BCUT2D eigenvalue weighted by molar-refractivity contribution is -0.272. The summed E-state index contributed by atoms with van der Waals surface area (Å²) in [6, 6.07) is 3.78. The highest BCUT2D eigenvalue weighted by Gasteiger charge is 2.25. The first-order chi connectivity index (χ1) is 8.07. The second-order valence-electron chi connectivity index (χ2n) is 6.77. The maximum Gasteiger partial charge on any atom is 0.123 e. The van der Waals surface area contributed by atoms with Crippen LogP contribution in [0.5, 0.6) is 5.75 Å². The maximum absolute atomic E-state index is 10.7. The van der Waals surface area contributed by atoms with Gasteiger partial charge in [0, 0.05) is 11.1 Å². The summed E-state index contributed by atoms with van der Waals surface area (Å²) in [4.78, 5) is 0. The van der Waals surface area contributed by atoms with Crippen molar-refractivity contribution in [3.63, 3.8) is 0 Å². The molecule has 0 spiro atoms. The third-order valence-electron chi connectivity index (χ3n) is 3.01. The molecule has 0 aliphatic heterocycles. The minimum absolute atomic E-state index is 0.156. The molecule has 0 amide bonds. The van der Waals surface area contributed by atoms with Crippen LogP contribution in [0.1, 0.15) is 58.2 Å². The van der Waals surface area contributed by atoms with Crippen LogP contribution >= 0.6 is 0 Å². The van der Waals surface area contributed by atoms with Gasteiger partial charge in [-0.3, -0.25) is 0 Å². The molecule has 2 nitrogen and oxygen atoms in total. The Labute approximate surface area is 110 Å². The van der Waals surface area contributed by atoms with Gasteiger partial charge in [0.1, 0.15) is 5.75 Å². The molecule has 1 aromatic rings. The van der Waals surface area contributed by atoms with Crippen molar-refractivity contribution in [2.24, 2.45) is 0 Å². The fourth-order valence-electron chi connectivity index (χ4n) is 1.98. The van der Waals surface area contributed by atoms with E-state index in [1.54, 1.807) is 0 Å². The van der Waals surface area contributed by atoms with Gasteiger partial charge >= 0.3 is 0 Å². The molecule has 0 saturated heterocycles. The molecule has 1 N–H and O–H groups in total. The Kier molecular flexibility index (Phi) is 3.80. The molecule has 0 aliphatic rings. The van der Waals surface area contributed by atoms with Crippen molar-refractivity contribution in [1.82, 2.24) is 0 Å². The molecule has 0 atom stereocenters. The van der Waals surface area contributed by atoms with Crippen LogP contribution in [0.15, 0.2) is 18.4 Å². The molecule has 0 radical (unpaired) electrons. The van der Waals surface area contributed by atoms with E-state index in [-0.39, 0.29) is 10.8 Å². The average molecular weight is 247 g/mol. The van der Waals surface area contributed by atoms with Crippen LogP contribution in [-0.4, -0.2) is 5.11 Å². The smallest absolute Gasteiger partial charge is 0.123 e. The molecule has 0 aliphatic carbocycles. The molecule has 100 valence electrons. The summed E-state index contributed by atoms with van der Waals surface area (Å²) in [7, 11) is 0. The molecule has 0 fully saturated rings. The highest BCUT2D eigenvalue weighted by Crippen LogP contribution is 2.39. The molecule has 0 heterocycles. The van der Waals surface area contributed by atoms with E-state index in [0.29, 0.717) is 5.75 Å². The highest BCUT2D eigenvalue weighted by molar-refractivity contribution is 5.58. The van der Waals surface area contributed by atoms with E-state index in [4.69, 9.17) is 0 Å². The molecular weight excluding hydrogens is 224 g/mol. The van der Waals surface area contributed by atoms with Crippen molar-refractivity contribution in [2.45, 2.75) is 52.4 Å². The Hall–Kier alpha value is -1.44. The van der Waals surface area contributed by atoms with Gasteiger partial charge in [-0.15, -0.1) is 6.26 Å². The second kappa shape index (κ2) is 4.68. The molecule has 0 aromatic heterocycles. The van der Waals surface area contributed by atoms with Gasteiger partial charge in [0.2, 0.25) is 0 Å². The van der Waals surface area contributed by atoms with Crippen molar-refractivity contribution in [2.75, 3.05) is 0 Å². The quantitative estimate of drug-likeness (QED) is 0.774. The van der Waals surface area contributed by atoms with Crippen LogP contribution < -0.4 is 5.11 Å². The molecular formula is C16H23O2-. The number of benzene rings is 1. The number of aromatic hydroxyl groups is 1. The van der Waals surface area contributed by atoms with Gasteiger partial charge in [0.15, 0.2) is 0 Å². The summed E-state index contributed by atoms with van der Waals surface area (Å²) in [5, 5.41) is 21.1. The SMILES string of the molecule is CC(C)(C)c1cc(/C=C\[O-])cc(C(C)(C)C)c1O. The zero-order valence-electron chi connectivity index (χ0n) is 12.2. The summed E-state index contributed by atoms with van der Waals surface area (Å²) in [5.74, 6) is 0.345. The molecule has 0 bridgehead atoms. The van der Waals surface area contributed by atoms with Crippen LogP contribution in [0.2, 0.25) is 0 Å². The van der Waals surface area contributed by atoms with Gasteiger partial charge < -0.3 is 10.2 Å². The Morgan fingerprint density at radius 3 is 1.61 bits per heavy atom. The van der Waals surface area contributed by atoms with E-state index in [9.17, 15) is 10.2 Å². The summed E-state index contributed by atoms with van der Waals surface area (Å²) >= 11 is 0. The average Bonchev–Trinajstić information content (AvgIpc) is 2.17. The van der Waals surface area contributed by atoms with Crippen molar-refractivity contribution >= 4 is 6.08 Å². The van der Waals surface area contributed by atoms with E-state index in [1.165, 1.54) is 6.08 Å². The van der Waals surface area contributed by atoms with Gasteiger partial charge in [0.05, 0.1) is 0 Å². The van der Waals surface area contributed by atoms with E-state index in [2.05, 4.69) is 41.5 Å². The fraction of sp³-hybridized carbons (Fsp3) is 0.500. The number of phenols is 1. The topological polar surface area (TPSA) is 43.3 Å². The summed E-state index contributed by atoms with van der Waals surface area (Å²) < 4.78 is 0. The van der Waals surface area contributed by atoms with E-state index in [1.807, 2.05) is 12.1 Å². The lowest BCUT2D eigenvalue weighted by atomic mass is 9.78. The zero-order valence-corrected chi connectivity index (χ0v) is 12.2. The van der Waals surface area contributed by atoms with E-state index >= 15 is 0 Å². The highest BCUT2D eigenvalue weighted by atomic mass is 16.3.